The van der Waals surface area contributed by atoms with E-state index >= 15 is 0 Å². The standard InChI is InChI=1S/C37H40O13/c1-21(38)45-20-36-30(48-27(41)18-17-24-13-9-7-10-14-24)26(46-22(2)39)19-35(6,44)37(36)31(47-23(3)40)28(34(4,5)50-37)29(42)32(36)49-33(43)25-15-11-8-12-16-25/h7-18,26,28,30-32,44H,19-20H2,1-6H3/t26-,28+,30-,31+,32+,35-,36-,37-/m0/s1. The van der Waals surface area contributed by atoms with Crippen LogP contribution in [-0.2, 0) is 52.4 Å². The first kappa shape index (κ1) is 36.4. The molecule has 13 heteroatoms. The summed E-state index contributed by atoms with van der Waals surface area (Å²) in [4.78, 5) is 80.3. The summed E-state index contributed by atoms with van der Waals surface area (Å²) in [7, 11) is 0. The summed E-state index contributed by atoms with van der Waals surface area (Å²) in [6, 6.07) is 16.5. The number of ketones is 1. The Morgan fingerprint density at radius 1 is 0.820 bits per heavy atom. The average molecular weight is 693 g/mol. The SMILES string of the molecule is CC(=O)OC[C@]12[C@H](OC(=O)c3ccccc3)C(=O)[C@@H]3[C@@H](OC(C)=O)[C@]1(OC3(C)C)[C@@](C)(O)C[C@H](OC(C)=O)[C@@H]2OC(=O)C=Cc1ccccc1. The second kappa shape index (κ2) is 13.4. The van der Waals surface area contributed by atoms with Gasteiger partial charge in [0.2, 0.25) is 0 Å². The van der Waals surface area contributed by atoms with E-state index in [-0.39, 0.29) is 5.56 Å². The van der Waals surface area contributed by atoms with Gasteiger partial charge in [-0.25, -0.2) is 9.59 Å². The predicted molar refractivity (Wildman–Crippen MR) is 173 cm³/mol. The van der Waals surface area contributed by atoms with Crippen LogP contribution in [0.4, 0.5) is 0 Å². The number of aliphatic hydroxyl groups is 1. The number of carbonyl (C=O) groups excluding carboxylic acids is 6. The van der Waals surface area contributed by atoms with Crippen molar-refractivity contribution in [1.82, 2.24) is 0 Å². The number of hydrogen-bond donors (Lipinski definition) is 1. The van der Waals surface area contributed by atoms with Gasteiger partial charge in [-0.05, 0) is 44.5 Å². The fraction of sp³-hybridized carbons (Fsp3) is 0.459. The van der Waals surface area contributed by atoms with Crippen LogP contribution in [0.1, 0.15) is 63.9 Å². The van der Waals surface area contributed by atoms with Gasteiger partial charge in [0.15, 0.2) is 23.6 Å². The van der Waals surface area contributed by atoms with Crippen LogP contribution >= 0.6 is 0 Å². The van der Waals surface area contributed by atoms with E-state index in [1.807, 2.05) is 0 Å². The van der Waals surface area contributed by atoms with Crippen molar-refractivity contribution in [2.24, 2.45) is 11.3 Å². The lowest BCUT2D eigenvalue weighted by molar-refractivity contribution is -0.350. The summed E-state index contributed by atoms with van der Waals surface area (Å²) >= 11 is 0. The highest BCUT2D eigenvalue weighted by Crippen LogP contribution is 2.68. The topological polar surface area (TPSA) is 178 Å². The molecular weight excluding hydrogens is 652 g/mol. The van der Waals surface area contributed by atoms with Crippen molar-refractivity contribution >= 4 is 41.7 Å². The first-order valence-electron chi connectivity index (χ1n) is 16.1. The van der Waals surface area contributed by atoms with Gasteiger partial charge in [0.1, 0.15) is 24.2 Å². The normalized spacial score (nSPS) is 32.4. The second-order valence-electron chi connectivity index (χ2n) is 13.6. The van der Waals surface area contributed by atoms with Crippen LogP contribution in [0.25, 0.3) is 6.08 Å². The molecule has 2 aromatic rings. The number of fused-ring (bicyclic) bond motifs is 1. The van der Waals surface area contributed by atoms with Gasteiger partial charge >= 0.3 is 29.8 Å². The molecule has 1 heterocycles. The second-order valence-corrected chi connectivity index (χ2v) is 13.6. The maximum Gasteiger partial charge on any atom is 0.338 e. The quantitative estimate of drug-likeness (QED) is 0.231. The molecule has 13 nitrogen and oxygen atoms in total. The molecule has 8 atom stereocenters. The Hall–Kier alpha value is -4.88. The molecule has 3 fully saturated rings. The highest BCUT2D eigenvalue weighted by atomic mass is 16.6. The zero-order chi connectivity index (χ0) is 36.6. The fourth-order valence-electron chi connectivity index (χ4n) is 7.98. The number of carbonyl (C=O) groups is 6. The van der Waals surface area contributed by atoms with Gasteiger partial charge in [0.05, 0.1) is 22.7 Å². The van der Waals surface area contributed by atoms with Gasteiger partial charge in [-0.15, -0.1) is 0 Å². The van der Waals surface area contributed by atoms with Gasteiger partial charge < -0.3 is 33.5 Å². The molecule has 0 radical (unpaired) electrons. The Morgan fingerprint density at radius 2 is 1.42 bits per heavy atom. The monoisotopic (exact) mass is 692 g/mol. The zero-order valence-corrected chi connectivity index (χ0v) is 28.6. The zero-order valence-electron chi connectivity index (χ0n) is 28.6. The van der Waals surface area contributed by atoms with Gasteiger partial charge in [0, 0.05) is 33.3 Å². The largest absolute Gasteiger partial charge is 0.465 e. The summed E-state index contributed by atoms with van der Waals surface area (Å²) in [5.41, 5.74) is -7.68. The van der Waals surface area contributed by atoms with Crippen molar-refractivity contribution in [3.63, 3.8) is 0 Å². The van der Waals surface area contributed by atoms with E-state index in [2.05, 4.69) is 0 Å². The maximum atomic E-state index is 14.9. The van der Waals surface area contributed by atoms with Crippen LogP contribution in [0.2, 0.25) is 0 Å². The van der Waals surface area contributed by atoms with Crippen LogP contribution in [0.3, 0.4) is 0 Å². The Morgan fingerprint density at radius 3 is 2.00 bits per heavy atom. The number of Topliss-reactive ketones (excluding diaryl/α,β-unsaturated/α-hetero) is 1. The van der Waals surface area contributed by atoms with E-state index < -0.39 is 101 Å². The molecule has 2 aliphatic carbocycles. The van der Waals surface area contributed by atoms with Crippen LogP contribution in [0, 0.1) is 11.3 Å². The minimum absolute atomic E-state index is 0.0464. The van der Waals surface area contributed by atoms with Crippen molar-refractivity contribution in [2.45, 2.75) is 89.2 Å². The Bertz CT molecular complexity index is 1700. The number of ether oxygens (including phenoxy) is 6. The van der Waals surface area contributed by atoms with E-state index in [9.17, 15) is 33.9 Å². The molecule has 1 N–H and O–H groups in total. The Labute approximate surface area is 288 Å². The van der Waals surface area contributed by atoms with E-state index in [0.29, 0.717) is 5.56 Å². The molecule has 5 rings (SSSR count). The van der Waals surface area contributed by atoms with Crippen LogP contribution in [0.15, 0.2) is 66.7 Å². The fourth-order valence-corrected chi connectivity index (χ4v) is 7.98. The van der Waals surface area contributed by atoms with E-state index in [1.54, 1.807) is 48.5 Å². The highest BCUT2D eigenvalue weighted by molar-refractivity contribution is 5.96. The number of benzene rings is 2. The average Bonchev–Trinajstić information content (AvgIpc) is 3.25. The molecule has 1 aliphatic heterocycles. The smallest absolute Gasteiger partial charge is 0.338 e. The van der Waals surface area contributed by atoms with Gasteiger partial charge in [-0.2, -0.15) is 0 Å². The van der Waals surface area contributed by atoms with Crippen molar-refractivity contribution in [1.29, 1.82) is 0 Å². The van der Waals surface area contributed by atoms with Gasteiger partial charge in [-0.3, -0.25) is 19.2 Å². The third-order valence-electron chi connectivity index (χ3n) is 9.66. The van der Waals surface area contributed by atoms with Gasteiger partial charge in [-0.1, -0.05) is 48.5 Å². The molecule has 0 amide bonds. The molecule has 0 aromatic heterocycles. The molecule has 3 aliphatic rings. The molecule has 0 unspecified atom stereocenters. The number of esters is 5. The molecule has 2 saturated carbocycles. The van der Waals surface area contributed by atoms with Crippen molar-refractivity contribution in [3.8, 4) is 0 Å². The summed E-state index contributed by atoms with van der Waals surface area (Å²) in [5, 5.41) is 12.6. The molecular formula is C37H40O13. The lowest BCUT2D eigenvalue weighted by Gasteiger charge is -2.65. The summed E-state index contributed by atoms with van der Waals surface area (Å²) in [6.07, 6.45) is -4.80. The molecule has 2 bridgehead atoms. The van der Waals surface area contributed by atoms with Gasteiger partial charge in [0.25, 0.3) is 0 Å². The molecule has 1 saturated heterocycles. The van der Waals surface area contributed by atoms with Crippen molar-refractivity contribution in [3.05, 3.63) is 77.9 Å². The maximum absolute atomic E-state index is 14.9. The predicted octanol–water partition coefficient (Wildman–Crippen LogP) is 3.15. The minimum Gasteiger partial charge on any atom is -0.465 e. The third kappa shape index (κ3) is 6.20. The summed E-state index contributed by atoms with van der Waals surface area (Å²) in [6.45, 7) is 6.80. The Kier molecular flexibility index (Phi) is 9.79. The third-order valence-corrected chi connectivity index (χ3v) is 9.66. The van der Waals surface area contributed by atoms with E-state index in [4.69, 9.17) is 28.4 Å². The van der Waals surface area contributed by atoms with Crippen LogP contribution in [0.5, 0.6) is 0 Å². The molecule has 2 aromatic carbocycles. The summed E-state index contributed by atoms with van der Waals surface area (Å²) in [5.74, 6) is -6.67. The van der Waals surface area contributed by atoms with Crippen LogP contribution in [-0.4, -0.2) is 88.6 Å². The summed E-state index contributed by atoms with van der Waals surface area (Å²) < 4.78 is 36.0. The van der Waals surface area contributed by atoms with Crippen LogP contribution < -0.4 is 0 Å². The number of rotatable bonds is 9. The minimum atomic E-state index is -2.39. The van der Waals surface area contributed by atoms with Crippen molar-refractivity contribution in [2.75, 3.05) is 6.61 Å². The van der Waals surface area contributed by atoms with Crippen molar-refractivity contribution < 1.29 is 62.3 Å². The molecule has 50 heavy (non-hydrogen) atoms. The Balaban J connectivity index is 1.81. The molecule has 266 valence electrons. The van der Waals surface area contributed by atoms with E-state index in [0.717, 1.165) is 26.8 Å². The first-order chi connectivity index (χ1) is 23.5. The van der Waals surface area contributed by atoms with E-state index in [1.165, 1.54) is 39.0 Å². The first-order valence-corrected chi connectivity index (χ1v) is 16.1. The highest BCUT2D eigenvalue weighted by Gasteiger charge is 2.88. The lowest BCUT2D eigenvalue weighted by atomic mass is 9.46. The number of hydrogen-bond acceptors (Lipinski definition) is 13. The molecule has 1 spiro atoms. The lowest BCUT2D eigenvalue weighted by Crippen LogP contribution is -2.85.